The van der Waals surface area contributed by atoms with Crippen LogP contribution in [-0.4, -0.2) is 56.2 Å². The van der Waals surface area contributed by atoms with Gasteiger partial charge < -0.3 is 24.9 Å². The lowest BCUT2D eigenvalue weighted by Gasteiger charge is -2.18. The number of alkyl halides is 7. The Hall–Kier alpha value is -6.47. The minimum absolute atomic E-state index is 0.0198. The molecule has 0 bridgehead atoms. The van der Waals surface area contributed by atoms with Crippen LogP contribution in [-0.2, 0) is 45.2 Å². The number of amides is 2. The van der Waals surface area contributed by atoms with Gasteiger partial charge in [0.2, 0.25) is 20.0 Å². The molecule has 0 saturated carbocycles. The molecule has 0 radical (unpaired) electrons. The van der Waals surface area contributed by atoms with Crippen LogP contribution in [0.3, 0.4) is 0 Å². The highest BCUT2D eigenvalue weighted by atomic mass is 32.2. The Morgan fingerprint density at radius 2 is 0.939 bits per heavy atom. The standard InChI is InChI=1S/C21H18F5N3O3S.C21H19F4N3O4S/c1-12-17(20(30)28-14-3-5-16(6-4-14)33(27,31)32)11-15(8-9-22)29(12)19-7-2-13(23)10-18(19)21(24,25)26;1-12-17(20(30)27-14-3-5-16(6-4-14)33(26,31)32)11-15(8-9-29)28(12)19-7-2-13(22)10-18(19)21(23,24)25/h2-7,10-11H,8-9H2,1H3,(H,28,30)(H2,27,31,32);2-7,10-11,29H,8-9H2,1H3,(H,27,30)(H2,26,31,32). The fourth-order valence-electron chi connectivity index (χ4n) is 6.77. The largest absolute Gasteiger partial charge is 0.418 e. The predicted molar refractivity (Wildman–Crippen MR) is 223 cm³/mol. The van der Waals surface area contributed by atoms with E-state index in [-0.39, 0.29) is 73.6 Å². The summed E-state index contributed by atoms with van der Waals surface area (Å²) in [6.07, 6.45) is -10.1. The number of anilines is 2. The van der Waals surface area contributed by atoms with Gasteiger partial charge in [-0.3, -0.25) is 14.0 Å². The average molecular weight is 973 g/mol. The topological polar surface area (TPSA) is 209 Å². The number of sulfonamides is 2. The van der Waals surface area contributed by atoms with Crippen LogP contribution < -0.4 is 20.9 Å². The fraction of sp³-hybridized carbons (Fsp3) is 0.190. The summed E-state index contributed by atoms with van der Waals surface area (Å²) in [6, 6.07) is 16.8. The van der Waals surface area contributed by atoms with Gasteiger partial charge in [0.05, 0.1) is 50.1 Å². The monoisotopic (exact) mass is 972 g/mol. The van der Waals surface area contributed by atoms with Gasteiger partial charge in [0.25, 0.3) is 11.8 Å². The average Bonchev–Trinajstić information content (AvgIpc) is 3.72. The van der Waals surface area contributed by atoms with Crippen LogP contribution in [0, 0.1) is 25.5 Å². The third-order valence-electron chi connectivity index (χ3n) is 9.75. The lowest BCUT2D eigenvalue weighted by molar-refractivity contribution is -0.138. The maximum Gasteiger partial charge on any atom is 0.418 e. The Labute approximate surface area is 370 Å². The molecule has 352 valence electrons. The van der Waals surface area contributed by atoms with Crippen LogP contribution in [0.25, 0.3) is 11.4 Å². The zero-order valence-corrected chi connectivity index (χ0v) is 35.9. The van der Waals surface area contributed by atoms with E-state index in [2.05, 4.69) is 10.6 Å². The Balaban J connectivity index is 0.000000247. The first-order valence-electron chi connectivity index (χ1n) is 18.9. The molecule has 0 unspecified atom stereocenters. The Morgan fingerprint density at radius 1 is 0.591 bits per heavy atom. The number of aromatic nitrogens is 2. The van der Waals surface area contributed by atoms with Crippen molar-refractivity contribution in [1.82, 2.24) is 9.13 Å². The van der Waals surface area contributed by atoms with Crippen LogP contribution in [0.15, 0.2) is 107 Å². The number of primary sulfonamides is 2. The molecule has 13 nitrogen and oxygen atoms in total. The van der Waals surface area contributed by atoms with Gasteiger partial charge in [0.15, 0.2) is 0 Å². The molecule has 4 aromatic carbocycles. The number of carbonyl (C=O) groups excluding carboxylic acids is 2. The first kappa shape index (κ1) is 50.5. The third kappa shape index (κ3) is 11.7. The second-order valence-electron chi connectivity index (χ2n) is 14.2. The van der Waals surface area contributed by atoms with Gasteiger partial charge >= 0.3 is 12.4 Å². The number of aliphatic hydroxyl groups excluding tert-OH is 1. The number of halogens is 9. The number of nitrogens with one attached hydrogen (secondary N) is 2. The second kappa shape index (κ2) is 19.6. The van der Waals surface area contributed by atoms with Crippen molar-refractivity contribution >= 4 is 43.2 Å². The molecule has 6 rings (SSSR count). The predicted octanol–water partition coefficient (Wildman–Crippen LogP) is 7.73. The Bertz CT molecular complexity index is 2800. The highest BCUT2D eigenvalue weighted by molar-refractivity contribution is 7.89. The summed E-state index contributed by atoms with van der Waals surface area (Å²) in [5.74, 6) is -3.56. The zero-order chi connectivity index (χ0) is 49.1. The number of carbonyl (C=O) groups is 2. The molecule has 0 aliphatic carbocycles. The maximum absolute atomic E-state index is 13.6. The molecule has 24 heteroatoms. The van der Waals surface area contributed by atoms with Crippen LogP contribution in [0.2, 0.25) is 0 Å². The van der Waals surface area contributed by atoms with Crippen molar-refractivity contribution in [3.8, 4) is 11.4 Å². The van der Waals surface area contributed by atoms with E-state index in [1.165, 1.54) is 74.5 Å². The normalized spacial score (nSPS) is 12.1. The highest BCUT2D eigenvalue weighted by Crippen LogP contribution is 2.38. The summed E-state index contributed by atoms with van der Waals surface area (Å²) in [6.45, 7) is 1.50. The van der Waals surface area contributed by atoms with E-state index in [9.17, 15) is 71.0 Å². The van der Waals surface area contributed by atoms with E-state index in [4.69, 9.17) is 10.3 Å². The molecular weight excluding hydrogens is 936 g/mol. The lowest BCUT2D eigenvalue weighted by Crippen LogP contribution is -2.16. The quantitative estimate of drug-likeness (QED) is 0.0771. The Morgan fingerprint density at radius 3 is 1.24 bits per heavy atom. The molecule has 6 aromatic rings. The van der Waals surface area contributed by atoms with Gasteiger partial charge in [-0.15, -0.1) is 0 Å². The molecule has 7 N–H and O–H groups in total. The van der Waals surface area contributed by atoms with Gasteiger partial charge in [-0.25, -0.2) is 35.9 Å². The maximum atomic E-state index is 13.6. The molecule has 2 amide bonds. The van der Waals surface area contributed by atoms with E-state index in [1.54, 1.807) is 0 Å². The van der Waals surface area contributed by atoms with E-state index in [1.807, 2.05) is 0 Å². The van der Waals surface area contributed by atoms with Crippen molar-refractivity contribution in [1.29, 1.82) is 0 Å². The first-order chi connectivity index (χ1) is 30.6. The molecule has 2 heterocycles. The van der Waals surface area contributed by atoms with Crippen molar-refractivity contribution < 1.29 is 71.0 Å². The number of hydrogen-bond acceptors (Lipinski definition) is 7. The van der Waals surface area contributed by atoms with Crippen molar-refractivity contribution in [2.45, 2.75) is 48.8 Å². The van der Waals surface area contributed by atoms with Crippen molar-refractivity contribution in [3.05, 3.63) is 154 Å². The van der Waals surface area contributed by atoms with Gasteiger partial charge in [0, 0.05) is 53.6 Å². The first-order valence-corrected chi connectivity index (χ1v) is 22.0. The van der Waals surface area contributed by atoms with Gasteiger partial charge in [-0.1, -0.05) is 0 Å². The van der Waals surface area contributed by atoms with E-state index in [0.29, 0.717) is 12.1 Å². The minimum atomic E-state index is -4.89. The van der Waals surface area contributed by atoms with Crippen molar-refractivity contribution in [2.24, 2.45) is 10.3 Å². The van der Waals surface area contributed by atoms with E-state index in [0.717, 1.165) is 33.4 Å². The van der Waals surface area contributed by atoms with Crippen molar-refractivity contribution in [3.63, 3.8) is 0 Å². The molecular formula is C42H37F9N6O7S2. The molecule has 0 saturated heterocycles. The summed E-state index contributed by atoms with van der Waals surface area (Å²) in [4.78, 5) is 25.3. The third-order valence-corrected chi connectivity index (χ3v) is 11.6. The fourth-order valence-corrected chi connectivity index (χ4v) is 7.80. The molecule has 0 atom stereocenters. The van der Waals surface area contributed by atoms with Crippen molar-refractivity contribution in [2.75, 3.05) is 23.9 Å². The number of rotatable bonds is 12. The number of benzene rings is 4. The van der Waals surface area contributed by atoms with Crippen LogP contribution in [0.5, 0.6) is 0 Å². The lowest BCUT2D eigenvalue weighted by atomic mass is 10.1. The van der Waals surface area contributed by atoms with Gasteiger partial charge in [-0.05, 0) is 111 Å². The minimum Gasteiger partial charge on any atom is -0.396 e. The van der Waals surface area contributed by atoms with Gasteiger partial charge in [0.1, 0.15) is 11.6 Å². The molecule has 0 spiro atoms. The second-order valence-corrected chi connectivity index (χ2v) is 17.3. The van der Waals surface area contributed by atoms with E-state index >= 15 is 0 Å². The smallest absolute Gasteiger partial charge is 0.396 e. The van der Waals surface area contributed by atoms with Crippen LogP contribution in [0.4, 0.5) is 50.9 Å². The Kier molecular flexibility index (Phi) is 15.0. The summed E-state index contributed by atoms with van der Waals surface area (Å²) in [5, 5.41) is 24.5. The molecule has 0 aliphatic heterocycles. The zero-order valence-electron chi connectivity index (χ0n) is 34.2. The number of nitrogens with zero attached hydrogens (tertiary/aromatic N) is 2. The number of hydrogen-bond donors (Lipinski definition) is 5. The number of aryl methyl sites for hydroxylation is 1. The number of aliphatic hydroxyl groups is 1. The summed E-state index contributed by atoms with van der Waals surface area (Å²) >= 11 is 0. The summed E-state index contributed by atoms with van der Waals surface area (Å²) in [7, 11) is -7.86. The molecule has 66 heavy (non-hydrogen) atoms. The molecule has 0 aliphatic rings. The molecule has 0 fully saturated rings. The highest BCUT2D eigenvalue weighted by Gasteiger charge is 2.37. The van der Waals surface area contributed by atoms with Gasteiger partial charge in [-0.2, -0.15) is 26.3 Å². The number of nitrogens with two attached hydrogens (primary N) is 2. The van der Waals surface area contributed by atoms with E-state index < -0.39 is 85.9 Å². The van der Waals surface area contributed by atoms with Crippen LogP contribution >= 0.6 is 0 Å². The SMILES string of the molecule is Cc1c(C(=O)Nc2ccc(S(N)(=O)=O)cc2)cc(CCF)n1-c1ccc(F)cc1C(F)(F)F.Cc1c(C(=O)Nc2ccc(S(N)(=O)=O)cc2)cc(CCO)n1-c1ccc(F)cc1C(F)(F)F. The molecule has 2 aromatic heterocycles. The summed E-state index contributed by atoms with van der Waals surface area (Å²) in [5.41, 5.74) is -2.42. The summed E-state index contributed by atoms with van der Waals surface area (Å²) < 4.78 is 169. The van der Waals surface area contributed by atoms with Crippen LogP contribution in [0.1, 0.15) is 54.6 Å².